The van der Waals surface area contributed by atoms with Gasteiger partial charge in [0.2, 0.25) is 0 Å². The van der Waals surface area contributed by atoms with Crippen LogP contribution in [0, 0.1) is 0 Å². The molecule has 1 atom stereocenters. The number of ether oxygens (including phenoxy) is 1. The van der Waals surface area contributed by atoms with Crippen molar-refractivity contribution < 1.29 is 13.5 Å². The Morgan fingerprint density at radius 1 is 1.28 bits per heavy atom. The van der Waals surface area contributed by atoms with Crippen LogP contribution in [0.1, 0.15) is 32.8 Å². The first-order chi connectivity index (χ1) is 8.56. The molecule has 18 heavy (non-hydrogen) atoms. The Labute approximate surface area is 107 Å². The molecule has 0 radical (unpaired) electrons. The van der Waals surface area contributed by atoms with E-state index in [1.54, 1.807) is 24.3 Å². The molecule has 0 bridgehead atoms. The minimum Gasteiger partial charge on any atom is -0.494 e. The maximum absolute atomic E-state index is 13.4. The number of para-hydroxylation sites is 1. The molecule has 0 aliphatic carbocycles. The first-order valence-corrected chi connectivity index (χ1v) is 6.31. The van der Waals surface area contributed by atoms with Gasteiger partial charge in [-0.05, 0) is 32.9 Å². The Hall–Kier alpha value is -1.16. The van der Waals surface area contributed by atoms with Gasteiger partial charge in [-0.1, -0.05) is 25.1 Å². The van der Waals surface area contributed by atoms with E-state index in [-0.39, 0.29) is 0 Å². The number of alkyl halides is 2. The second kappa shape index (κ2) is 6.69. The largest absolute Gasteiger partial charge is 0.494 e. The zero-order chi connectivity index (χ0) is 13.6. The van der Waals surface area contributed by atoms with Crippen molar-refractivity contribution in [2.24, 2.45) is 0 Å². The molecule has 1 rings (SSSR count). The molecule has 0 amide bonds. The lowest BCUT2D eigenvalue weighted by atomic mass is 9.91. The molecule has 0 spiro atoms. The summed E-state index contributed by atoms with van der Waals surface area (Å²) in [7, 11) is 0. The first-order valence-electron chi connectivity index (χ1n) is 6.31. The third-order valence-electron chi connectivity index (χ3n) is 2.93. The summed E-state index contributed by atoms with van der Waals surface area (Å²) in [6.07, 6.45) is -1.69. The van der Waals surface area contributed by atoms with Gasteiger partial charge in [0.25, 0.3) is 6.43 Å². The van der Waals surface area contributed by atoms with Crippen molar-refractivity contribution in [3.8, 4) is 5.75 Å². The highest BCUT2D eigenvalue weighted by Gasteiger charge is 2.38. The number of hydrogen-bond donors (Lipinski definition) is 1. The SMILES string of the molecule is CCCNC(C)(c1ccccc1OCC)C(F)F. The van der Waals surface area contributed by atoms with Gasteiger partial charge in [-0.2, -0.15) is 0 Å². The summed E-state index contributed by atoms with van der Waals surface area (Å²) >= 11 is 0. The van der Waals surface area contributed by atoms with Crippen LogP contribution >= 0.6 is 0 Å². The van der Waals surface area contributed by atoms with E-state index < -0.39 is 12.0 Å². The monoisotopic (exact) mass is 257 g/mol. The van der Waals surface area contributed by atoms with Gasteiger partial charge < -0.3 is 10.1 Å². The third-order valence-corrected chi connectivity index (χ3v) is 2.93. The second-order valence-electron chi connectivity index (χ2n) is 4.36. The highest BCUT2D eigenvalue weighted by molar-refractivity contribution is 5.39. The summed E-state index contributed by atoms with van der Waals surface area (Å²) < 4.78 is 32.2. The summed E-state index contributed by atoms with van der Waals surface area (Å²) in [5, 5.41) is 2.93. The number of halogens is 2. The topological polar surface area (TPSA) is 21.3 Å². The lowest BCUT2D eigenvalue weighted by molar-refractivity contribution is 0.0367. The fourth-order valence-electron chi connectivity index (χ4n) is 1.85. The molecular formula is C14H21F2NO. The maximum Gasteiger partial charge on any atom is 0.260 e. The molecule has 2 nitrogen and oxygen atoms in total. The fourth-order valence-corrected chi connectivity index (χ4v) is 1.85. The van der Waals surface area contributed by atoms with Crippen LogP contribution in [-0.4, -0.2) is 19.6 Å². The molecule has 0 fully saturated rings. The molecule has 0 aliphatic heterocycles. The average molecular weight is 257 g/mol. The lowest BCUT2D eigenvalue weighted by Gasteiger charge is -2.32. The summed E-state index contributed by atoms with van der Waals surface area (Å²) in [4.78, 5) is 0. The van der Waals surface area contributed by atoms with Crippen molar-refractivity contribution in [3.05, 3.63) is 29.8 Å². The Bertz CT molecular complexity index is 371. The molecule has 1 unspecified atom stereocenters. The van der Waals surface area contributed by atoms with E-state index in [0.717, 1.165) is 6.42 Å². The van der Waals surface area contributed by atoms with Gasteiger partial charge in [0, 0.05) is 5.56 Å². The zero-order valence-corrected chi connectivity index (χ0v) is 11.2. The molecule has 4 heteroatoms. The molecule has 102 valence electrons. The zero-order valence-electron chi connectivity index (χ0n) is 11.2. The van der Waals surface area contributed by atoms with Crippen LogP contribution in [0.25, 0.3) is 0 Å². The first kappa shape index (κ1) is 14.9. The smallest absolute Gasteiger partial charge is 0.260 e. The van der Waals surface area contributed by atoms with Crippen LogP contribution in [0.4, 0.5) is 8.78 Å². The molecule has 0 aromatic heterocycles. The lowest BCUT2D eigenvalue weighted by Crippen LogP contribution is -2.46. The third kappa shape index (κ3) is 3.19. The van der Waals surface area contributed by atoms with Crippen LogP contribution in [0.2, 0.25) is 0 Å². The Morgan fingerprint density at radius 3 is 2.50 bits per heavy atom. The van der Waals surface area contributed by atoms with Crippen molar-refractivity contribution in [2.45, 2.75) is 39.2 Å². The highest BCUT2D eigenvalue weighted by Crippen LogP contribution is 2.34. The van der Waals surface area contributed by atoms with E-state index in [2.05, 4.69) is 5.32 Å². The van der Waals surface area contributed by atoms with E-state index >= 15 is 0 Å². The van der Waals surface area contributed by atoms with E-state index in [1.165, 1.54) is 6.92 Å². The van der Waals surface area contributed by atoms with Gasteiger partial charge in [-0.3, -0.25) is 0 Å². The predicted molar refractivity (Wildman–Crippen MR) is 69.3 cm³/mol. The number of benzene rings is 1. The number of rotatable bonds is 7. The molecule has 1 aromatic rings. The van der Waals surface area contributed by atoms with Gasteiger partial charge in [-0.15, -0.1) is 0 Å². The fraction of sp³-hybridized carbons (Fsp3) is 0.571. The van der Waals surface area contributed by atoms with Crippen LogP contribution in [0.5, 0.6) is 5.75 Å². The molecule has 1 N–H and O–H groups in total. The average Bonchev–Trinajstić information content (AvgIpc) is 2.36. The molecule has 1 aromatic carbocycles. The van der Waals surface area contributed by atoms with Crippen molar-refractivity contribution in [3.63, 3.8) is 0 Å². The van der Waals surface area contributed by atoms with Crippen LogP contribution in [0.15, 0.2) is 24.3 Å². The molecular weight excluding hydrogens is 236 g/mol. The van der Waals surface area contributed by atoms with Gasteiger partial charge >= 0.3 is 0 Å². The van der Waals surface area contributed by atoms with Crippen molar-refractivity contribution in [1.29, 1.82) is 0 Å². The number of nitrogens with one attached hydrogen (secondary N) is 1. The van der Waals surface area contributed by atoms with Gasteiger partial charge in [0.05, 0.1) is 6.61 Å². The molecule has 0 saturated carbocycles. The molecule has 0 heterocycles. The van der Waals surface area contributed by atoms with E-state index in [1.807, 2.05) is 13.8 Å². The molecule has 0 aliphatic rings. The Morgan fingerprint density at radius 2 is 1.94 bits per heavy atom. The summed E-state index contributed by atoms with van der Waals surface area (Å²) in [6.45, 7) is 6.32. The maximum atomic E-state index is 13.4. The van der Waals surface area contributed by atoms with Crippen LogP contribution < -0.4 is 10.1 Å². The summed E-state index contributed by atoms with van der Waals surface area (Å²) in [6, 6.07) is 6.97. The summed E-state index contributed by atoms with van der Waals surface area (Å²) in [5.41, 5.74) is -0.864. The quantitative estimate of drug-likeness (QED) is 0.806. The highest BCUT2D eigenvalue weighted by atomic mass is 19.3. The van der Waals surface area contributed by atoms with Crippen molar-refractivity contribution >= 4 is 0 Å². The normalized spacial score (nSPS) is 14.6. The van der Waals surface area contributed by atoms with Crippen molar-refractivity contribution in [2.75, 3.05) is 13.2 Å². The Kier molecular flexibility index (Phi) is 5.54. The van der Waals surface area contributed by atoms with E-state index in [0.29, 0.717) is 24.5 Å². The van der Waals surface area contributed by atoms with E-state index in [9.17, 15) is 8.78 Å². The van der Waals surface area contributed by atoms with E-state index in [4.69, 9.17) is 4.74 Å². The van der Waals surface area contributed by atoms with Crippen LogP contribution in [0.3, 0.4) is 0 Å². The minimum atomic E-state index is -2.49. The standard InChI is InChI=1S/C14H21F2NO/c1-4-10-17-14(3,13(15)16)11-8-6-7-9-12(11)18-5-2/h6-9,13,17H,4-5,10H2,1-3H3. The Balaban J connectivity index is 3.12. The second-order valence-corrected chi connectivity index (χ2v) is 4.36. The summed E-state index contributed by atoms with van der Waals surface area (Å²) in [5.74, 6) is 0.520. The van der Waals surface area contributed by atoms with Gasteiger partial charge in [0.1, 0.15) is 11.3 Å². The minimum absolute atomic E-state index is 0.462. The number of hydrogen-bond acceptors (Lipinski definition) is 2. The van der Waals surface area contributed by atoms with Gasteiger partial charge in [-0.25, -0.2) is 8.78 Å². The van der Waals surface area contributed by atoms with Crippen LogP contribution in [-0.2, 0) is 5.54 Å². The van der Waals surface area contributed by atoms with Crippen molar-refractivity contribution in [1.82, 2.24) is 5.32 Å². The predicted octanol–water partition coefficient (Wildman–Crippen LogP) is 3.57. The molecule has 0 saturated heterocycles. The van der Waals surface area contributed by atoms with Gasteiger partial charge in [0.15, 0.2) is 0 Å².